The lowest BCUT2D eigenvalue weighted by Gasteiger charge is -2.43. The molecule has 3 heterocycles. The number of quaternary nitrogens is 1. The van der Waals surface area contributed by atoms with Crippen LogP contribution < -0.4 is 22.3 Å². The number of halogens is 1. The fourth-order valence-electron chi connectivity index (χ4n) is 4.64. The first-order valence-electron chi connectivity index (χ1n) is 9.37. The quantitative estimate of drug-likeness (QED) is 0.726. The van der Waals surface area contributed by atoms with Crippen molar-refractivity contribution >= 4 is 23.1 Å². The topological polar surface area (TPSA) is 38.3 Å². The molecule has 2 fully saturated rings. The van der Waals surface area contributed by atoms with Crippen LogP contribution in [0.15, 0.2) is 35.0 Å². The molecule has 1 aromatic heterocycles. The normalized spacial score (nSPS) is 25.5. The molecule has 4 nitrogen and oxygen atoms in total. The van der Waals surface area contributed by atoms with Crippen LogP contribution >= 0.6 is 11.3 Å². The Morgan fingerprint density at radius 1 is 1.19 bits per heavy atom. The van der Waals surface area contributed by atoms with E-state index >= 15 is 0 Å². The molecule has 6 heteroatoms. The van der Waals surface area contributed by atoms with Gasteiger partial charge in [0.25, 0.3) is 0 Å². The summed E-state index contributed by atoms with van der Waals surface area (Å²) in [4.78, 5) is 12.5. The number of piperidine rings is 1. The summed E-state index contributed by atoms with van der Waals surface area (Å²) in [6.07, 6.45) is 4.15. The van der Waals surface area contributed by atoms with Crippen molar-refractivity contribution in [1.82, 2.24) is 0 Å². The number of benzene rings is 1. The van der Waals surface area contributed by atoms with E-state index in [1.54, 1.807) is 11.3 Å². The fraction of sp³-hybridized carbons (Fsp3) is 0.476. The Labute approximate surface area is 175 Å². The maximum Gasteiger partial charge on any atom is 0.411 e. The number of hydrogen-bond donors (Lipinski definition) is 1. The molecule has 2 aliphatic heterocycles. The number of thiophene rings is 1. The molecule has 0 radical (unpaired) electrons. The minimum Gasteiger partial charge on any atom is -1.00 e. The molecule has 2 aromatic rings. The summed E-state index contributed by atoms with van der Waals surface area (Å²) in [7, 11) is 4.64. The number of hydrogen-bond acceptors (Lipinski definition) is 3. The van der Waals surface area contributed by atoms with Gasteiger partial charge in [-0.2, -0.15) is 11.3 Å². The van der Waals surface area contributed by atoms with E-state index in [1.165, 1.54) is 18.4 Å². The van der Waals surface area contributed by atoms with E-state index in [9.17, 15) is 4.79 Å². The number of nitrogens with zero attached hydrogens (tertiary/aromatic N) is 1. The van der Waals surface area contributed by atoms with Gasteiger partial charge in [0.15, 0.2) is 0 Å². The summed E-state index contributed by atoms with van der Waals surface area (Å²) in [5.41, 5.74) is 4.16. The van der Waals surface area contributed by atoms with Crippen LogP contribution in [0.3, 0.4) is 0 Å². The Hall–Kier alpha value is -1.37. The predicted octanol–water partition coefficient (Wildman–Crippen LogP) is 2.05. The van der Waals surface area contributed by atoms with Gasteiger partial charge in [-0.1, -0.05) is 11.6 Å². The molecule has 0 unspecified atom stereocenters. The van der Waals surface area contributed by atoms with E-state index in [0.29, 0.717) is 12.1 Å². The van der Waals surface area contributed by atoms with Crippen LogP contribution in [-0.4, -0.2) is 42.9 Å². The molecule has 0 aliphatic carbocycles. The van der Waals surface area contributed by atoms with Crippen molar-refractivity contribution in [2.75, 3.05) is 19.4 Å². The van der Waals surface area contributed by atoms with Crippen molar-refractivity contribution in [1.29, 1.82) is 0 Å². The summed E-state index contributed by atoms with van der Waals surface area (Å²) in [6, 6.07) is 9.41. The number of fused-ring (bicyclic) bond motifs is 2. The highest BCUT2D eigenvalue weighted by molar-refractivity contribution is 7.08. The SMILES string of the molecule is Cc1ccc(NC(=O)O[C@H]2C[C@H]3CC[C@@H](C2)[N+]3(C)C)c(-c2ccsc2)c1.[Br-]. The second-order valence-corrected chi connectivity index (χ2v) is 8.98. The van der Waals surface area contributed by atoms with Crippen molar-refractivity contribution in [3.63, 3.8) is 0 Å². The van der Waals surface area contributed by atoms with Crippen LogP contribution in [0, 0.1) is 6.92 Å². The molecule has 2 aliphatic rings. The number of amides is 1. The Bertz CT molecular complexity index is 791. The lowest BCUT2D eigenvalue weighted by Crippen LogP contribution is -3.00. The van der Waals surface area contributed by atoms with Gasteiger partial charge in [-0.25, -0.2) is 4.79 Å². The first-order valence-corrected chi connectivity index (χ1v) is 10.3. The first kappa shape index (κ1) is 20.4. The summed E-state index contributed by atoms with van der Waals surface area (Å²) in [5.74, 6) is 0. The van der Waals surface area contributed by atoms with Crippen LogP contribution in [0.25, 0.3) is 11.1 Å². The Morgan fingerprint density at radius 3 is 2.52 bits per heavy atom. The van der Waals surface area contributed by atoms with Gasteiger partial charge in [0.05, 0.1) is 31.9 Å². The van der Waals surface area contributed by atoms with E-state index in [1.807, 2.05) is 12.1 Å². The van der Waals surface area contributed by atoms with E-state index < -0.39 is 0 Å². The largest absolute Gasteiger partial charge is 1.00 e. The third-order valence-corrected chi connectivity index (χ3v) is 6.99. The van der Waals surface area contributed by atoms with E-state index in [2.05, 4.69) is 49.2 Å². The summed E-state index contributed by atoms with van der Waals surface area (Å²) in [5, 5.41) is 7.14. The fourth-order valence-corrected chi connectivity index (χ4v) is 5.30. The van der Waals surface area contributed by atoms with Crippen LogP contribution in [0.2, 0.25) is 0 Å². The third-order valence-electron chi connectivity index (χ3n) is 6.30. The van der Waals surface area contributed by atoms with E-state index in [0.717, 1.165) is 34.1 Å². The number of ether oxygens (including phenoxy) is 1. The maximum absolute atomic E-state index is 12.5. The molecule has 27 heavy (non-hydrogen) atoms. The molecule has 146 valence electrons. The smallest absolute Gasteiger partial charge is 0.411 e. The molecular weight excluding hydrogens is 424 g/mol. The Morgan fingerprint density at radius 2 is 1.89 bits per heavy atom. The summed E-state index contributed by atoms with van der Waals surface area (Å²) in [6.45, 7) is 2.07. The Kier molecular flexibility index (Phi) is 5.99. The number of anilines is 1. The first-order chi connectivity index (χ1) is 12.4. The highest BCUT2D eigenvalue weighted by Gasteiger charge is 2.49. The monoisotopic (exact) mass is 450 g/mol. The van der Waals surface area contributed by atoms with Crippen LogP contribution in [0.4, 0.5) is 10.5 Å². The molecular formula is C21H27BrN2O2S. The minimum absolute atomic E-state index is 0. The number of aryl methyl sites for hydroxylation is 1. The number of carbonyl (C=O) groups excluding carboxylic acids is 1. The van der Waals surface area contributed by atoms with Crippen molar-refractivity contribution in [3.05, 3.63) is 40.6 Å². The summed E-state index contributed by atoms with van der Waals surface area (Å²) >= 11 is 1.66. The summed E-state index contributed by atoms with van der Waals surface area (Å²) < 4.78 is 6.90. The van der Waals surface area contributed by atoms with Gasteiger partial charge in [-0.15, -0.1) is 0 Å². The molecule has 1 N–H and O–H groups in total. The lowest BCUT2D eigenvalue weighted by atomic mass is 9.98. The average molecular weight is 451 g/mol. The van der Waals surface area contributed by atoms with Crippen LogP contribution in [0.5, 0.6) is 0 Å². The molecule has 1 aromatic carbocycles. The Balaban J connectivity index is 0.00000210. The molecule has 2 bridgehead atoms. The lowest BCUT2D eigenvalue weighted by molar-refractivity contribution is -0.931. The van der Waals surface area contributed by atoms with Gasteiger partial charge in [0, 0.05) is 31.2 Å². The van der Waals surface area contributed by atoms with Crippen LogP contribution in [-0.2, 0) is 4.74 Å². The number of rotatable bonds is 3. The van der Waals surface area contributed by atoms with Gasteiger partial charge >= 0.3 is 6.09 Å². The average Bonchev–Trinajstić information content (AvgIpc) is 3.13. The minimum atomic E-state index is -0.332. The zero-order valence-electron chi connectivity index (χ0n) is 16.1. The highest BCUT2D eigenvalue weighted by Crippen LogP contribution is 2.40. The third kappa shape index (κ3) is 4.08. The molecule has 1 amide bonds. The second kappa shape index (κ2) is 7.94. The van der Waals surface area contributed by atoms with Crippen molar-refractivity contribution < 1.29 is 31.0 Å². The van der Waals surface area contributed by atoms with Crippen LogP contribution in [0.1, 0.15) is 31.2 Å². The standard InChI is InChI=1S/C21H26N2O2S.BrH/c1-14-4-7-20(19(10-14)15-8-9-26-13-15)22-21(24)25-18-11-16-5-6-17(12-18)23(16,2)3;/h4,7-10,13,16-18H,5-6,11-12H2,1-3H3;1H/t16-,17+,18+;. The zero-order chi connectivity index (χ0) is 18.3. The highest BCUT2D eigenvalue weighted by atomic mass is 79.9. The van der Waals surface area contributed by atoms with E-state index in [4.69, 9.17) is 4.74 Å². The molecule has 2 saturated heterocycles. The van der Waals surface area contributed by atoms with Crippen molar-refractivity contribution in [2.45, 2.75) is 50.8 Å². The zero-order valence-corrected chi connectivity index (χ0v) is 18.5. The van der Waals surface area contributed by atoms with Crippen molar-refractivity contribution in [2.24, 2.45) is 0 Å². The molecule has 4 rings (SSSR count). The van der Waals surface area contributed by atoms with Gasteiger partial charge in [0.2, 0.25) is 0 Å². The van der Waals surface area contributed by atoms with Gasteiger partial charge in [-0.3, -0.25) is 5.32 Å². The molecule has 3 atom stereocenters. The van der Waals surface area contributed by atoms with Gasteiger partial charge < -0.3 is 26.2 Å². The number of nitrogens with one attached hydrogen (secondary N) is 1. The van der Waals surface area contributed by atoms with Gasteiger partial charge in [-0.05, 0) is 41.4 Å². The second-order valence-electron chi connectivity index (χ2n) is 8.20. The maximum atomic E-state index is 12.5. The van der Waals surface area contributed by atoms with E-state index in [-0.39, 0.29) is 29.2 Å². The molecule has 0 spiro atoms. The predicted molar refractivity (Wildman–Crippen MR) is 107 cm³/mol. The number of carbonyl (C=O) groups is 1. The van der Waals surface area contributed by atoms with Gasteiger partial charge in [0.1, 0.15) is 6.10 Å². The molecule has 0 saturated carbocycles. The van der Waals surface area contributed by atoms with Crippen molar-refractivity contribution in [3.8, 4) is 11.1 Å².